The molecule has 0 unspecified atom stereocenters. The minimum absolute atomic E-state index is 0.0120. The van der Waals surface area contributed by atoms with Crippen LogP contribution in [0.15, 0.2) is 47.6 Å². The lowest BCUT2D eigenvalue weighted by atomic mass is 10.1. The Morgan fingerprint density at radius 1 is 1.21 bits per heavy atom. The first-order chi connectivity index (χ1) is 13.5. The Hall–Kier alpha value is -2.02. The number of rotatable bonds is 6. The maximum absolute atomic E-state index is 12.1. The highest BCUT2D eigenvalue weighted by atomic mass is 35.5. The van der Waals surface area contributed by atoms with Crippen molar-refractivity contribution < 1.29 is 4.79 Å². The topological polar surface area (TPSA) is 59.8 Å². The van der Waals surface area contributed by atoms with Gasteiger partial charge in [0.25, 0.3) is 0 Å². The summed E-state index contributed by atoms with van der Waals surface area (Å²) in [5, 5.41) is 13.4. The Morgan fingerprint density at radius 2 is 2.00 bits per heavy atom. The number of carbonyl (C=O) groups excluding carboxylic acids is 1. The van der Waals surface area contributed by atoms with Crippen molar-refractivity contribution in [1.29, 1.82) is 0 Å². The molecular formula is C20H18Cl2N4OS. The number of hydrogen-bond donors (Lipinski definition) is 1. The standard InChI is InChI=1S/C20H18Cl2N4OS/c1-12-4-2-3-5-17(12)26-19(15-9-6-13(21)10-16(15)22)24-25-20(26)28-11-18(27)23-14-7-8-14/h2-6,9-10,14H,7-8,11H2,1H3,(H,23,27). The van der Waals surface area contributed by atoms with E-state index in [1.54, 1.807) is 12.1 Å². The van der Waals surface area contributed by atoms with E-state index in [1.165, 1.54) is 11.8 Å². The van der Waals surface area contributed by atoms with E-state index in [1.807, 2.05) is 41.8 Å². The lowest BCUT2D eigenvalue weighted by molar-refractivity contribution is -0.118. The number of halogens is 2. The van der Waals surface area contributed by atoms with Crippen molar-refractivity contribution in [3.8, 4) is 17.1 Å². The normalized spacial score (nSPS) is 13.5. The molecule has 0 aliphatic heterocycles. The number of benzene rings is 2. The minimum Gasteiger partial charge on any atom is -0.353 e. The summed E-state index contributed by atoms with van der Waals surface area (Å²) >= 11 is 13.8. The summed E-state index contributed by atoms with van der Waals surface area (Å²) in [5.41, 5.74) is 2.74. The van der Waals surface area contributed by atoms with Crippen LogP contribution in [0.1, 0.15) is 18.4 Å². The van der Waals surface area contributed by atoms with Crippen LogP contribution >= 0.6 is 35.0 Å². The molecule has 0 radical (unpaired) electrons. The molecule has 4 rings (SSSR count). The molecule has 1 fully saturated rings. The molecule has 0 saturated heterocycles. The van der Waals surface area contributed by atoms with Crippen LogP contribution in [0.3, 0.4) is 0 Å². The quantitative estimate of drug-likeness (QED) is 0.561. The summed E-state index contributed by atoms with van der Waals surface area (Å²) in [7, 11) is 0. The van der Waals surface area contributed by atoms with Crippen LogP contribution in [0.25, 0.3) is 17.1 Å². The fourth-order valence-corrected chi connectivity index (χ4v) is 4.12. The predicted molar refractivity (Wildman–Crippen MR) is 113 cm³/mol. The van der Waals surface area contributed by atoms with E-state index < -0.39 is 0 Å². The number of thioether (sulfide) groups is 1. The van der Waals surface area contributed by atoms with Gasteiger partial charge in [-0.15, -0.1) is 10.2 Å². The van der Waals surface area contributed by atoms with Crippen LogP contribution in [-0.4, -0.2) is 32.5 Å². The summed E-state index contributed by atoms with van der Waals surface area (Å²) in [6.45, 7) is 2.02. The Balaban J connectivity index is 1.73. The van der Waals surface area contributed by atoms with E-state index in [9.17, 15) is 4.79 Å². The molecule has 0 atom stereocenters. The van der Waals surface area contributed by atoms with Gasteiger partial charge in [-0.3, -0.25) is 9.36 Å². The van der Waals surface area contributed by atoms with Crippen molar-refractivity contribution >= 4 is 40.9 Å². The first-order valence-corrected chi connectivity index (χ1v) is 10.7. The Bertz CT molecular complexity index is 1030. The molecule has 1 aliphatic carbocycles. The predicted octanol–water partition coefficient (Wildman–Crippen LogP) is 4.92. The second-order valence-electron chi connectivity index (χ2n) is 6.68. The molecule has 1 saturated carbocycles. The second-order valence-corrected chi connectivity index (χ2v) is 8.47. The zero-order chi connectivity index (χ0) is 19.7. The van der Waals surface area contributed by atoms with E-state index in [0.717, 1.165) is 29.7 Å². The first-order valence-electron chi connectivity index (χ1n) is 8.92. The van der Waals surface area contributed by atoms with E-state index in [-0.39, 0.29) is 11.7 Å². The lowest BCUT2D eigenvalue weighted by Gasteiger charge is -2.13. The van der Waals surface area contributed by atoms with Gasteiger partial charge in [0.2, 0.25) is 5.91 Å². The Kier molecular flexibility index (Phi) is 5.62. The number of aryl methyl sites for hydroxylation is 1. The number of amides is 1. The molecule has 5 nitrogen and oxygen atoms in total. The Labute approximate surface area is 177 Å². The van der Waals surface area contributed by atoms with Gasteiger partial charge in [0.05, 0.1) is 16.5 Å². The van der Waals surface area contributed by atoms with Crippen molar-refractivity contribution in [2.75, 3.05) is 5.75 Å². The zero-order valence-corrected chi connectivity index (χ0v) is 17.5. The fourth-order valence-electron chi connectivity index (χ4n) is 2.87. The molecule has 28 heavy (non-hydrogen) atoms. The molecular weight excluding hydrogens is 415 g/mol. The molecule has 1 N–H and O–H groups in total. The smallest absolute Gasteiger partial charge is 0.230 e. The third-order valence-corrected chi connectivity index (χ3v) is 5.91. The van der Waals surface area contributed by atoms with Gasteiger partial charge in [0.15, 0.2) is 11.0 Å². The summed E-state index contributed by atoms with van der Waals surface area (Å²) < 4.78 is 1.94. The van der Waals surface area contributed by atoms with Gasteiger partial charge in [-0.05, 0) is 49.6 Å². The third-order valence-electron chi connectivity index (χ3n) is 4.44. The minimum atomic E-state index is 0.0120. The van der Waals surface area contributed by atoms with Gasteiger partial charge in [-0.2, -0.15) is 0 Å². The van der Waals surface area contributed by atoms with Crippen LogP contribution in [0.4, 0.5) is 0 Å². The molecule has 1 aromatic heterocycles. The average Bonchev–Trinajstić information content (AvgIpc) is 3.38. The number of aromatic nitrogens is 3. The van der Waals surface area contributed by atoms with Gasteiger partial charge in [0, 0.05) is 16.6 Å². The maximum Gasteiger partial charge on any atom is 0.230 e. The maximum atomic E-state index is 12.1. The molecule has 144 valence electrons. The van der Waals surface area contributed by atoms with Crippen LogP contribution in [0, 0.1) is 6.92 Å². The largest absolute Gasteiger partial charge is 0.353 e. The average molecular weight is 433 g/mol. The SMILES string of the molecule is Cc1ccccc1-n1c(SCC(=O)NC2CC2)nnc1-c1ccc(Cl)cc1Cl. The van der Waals surface area contributed by atoms with Crippen LogP contribution in [0.2, 0.25) is 10.0 Å². The number of carbonyl (C=O) groups is 1. The van der Waals surface area contributed by atoms with Gasteiger partial charge >= 0.3 is 0 Å². The highest BCUT2D eigenvalue weighted by Crippen LogP contribution is 2.34. The molecule has 3 aromatic rings. The molecule has 2 aromatic carbocycles. The summed E-state index contributed by atoms with van der Waals surface area (Å²) in [6.07, 6.45) is 2.13. The highest BCUT2D eigenvalue weighted by molar-refractivity contribution is 7.99. The zero-order valence-electron chi connectivity index (χ0n) is 15.2. The van der Waals surface area contributed by atoms with Gasteiger partial charge in [-0.25, -0.2) is 0 Å². The number of hydrogen-bond acceptors (Lipinski definition) is 4. The van der Waals surface area contributed by atoms with E-state index >= 15 is 0 Å². The molecule has 8 heteroatoms. The molecule has 1 amide bonds. The van der Waals surface area contributed by atoms with Crippen molar-refractivity contribution in [1.82, 2.24) is 20.1 Å². The van der Waals surface area contributed by atoms with Gasteiger partial charge in [0.1, 0.15) is 0 Å². The summed E-state index contributed by atoms with van der Waals surface area (Å²) in [4.78, 5) is 12.1. The molecule has 1 aliphatic rings. The van der Waals surface area contributed by atoms with Crippen molar-refractivity contribution in [3.05, 3.63) is 58.1 Å². The number of nitrogens with one attached hydrogen (secondary N) is 1. The van der Waals surface area contributed by atoms with E-state index in [4.69, 9.17) is 23.2 Å². The van der Waals surface area contributed by atoms with Gasteiger partial charge in [-0.1, -0.05) is 53.2 Å². The number of nitrogens with zero attached hydrogens (tertiary/aromatic N) is 3. The summed E-state index contributed by atoms with van der Waals surface area (Å²) in [5.74, 6) is 0.911. The summed E-state index contributed by atoms with van der Waals surface area (Å²) in [6, 6.07) is 13.6. The van der Waals surface area contributed by atoms with Gasteiger partial charge < -0.3 is 5.32 Å². The third kappa shape index (κ3) is 4.19. The molecule has 0 bridgehead atoms. The van der Waals surface area contributed by atoms with Crippen molar-refractivity contribution in [2.24, 2.45) is 0 Å². The molecule has 0 spiro atoms. The first kappa shape index (κ1) is 19.3. The van der Waals surface area contributed by atoms with Crippen LogP contribution in [-0.2, 0) is 4.79 Å². The van der Waals surface area contributed by atoms with E-state index in [0.29, 0.717) is 27.1 Å². The Morgan fingerprint density at radius 3 is 2.71 bits per heavy atom. The van der Waals surface area contributed by atoms with Crippen molar-refractivity contribution in [2.45, 2.75) is 31.0 Å². The van der Waals surface area contributed by atoms with Crippen molar-refractivity contribution in [3.63, 3.8) is 0 Å². The fraction of sp³-hybridized carbons (Fsp3) is 0.250. The lowest BCUT2D eigenvalue weighted by Crippen LogP contribution is -2.27. The second kappa shape index (κ2) is 8.15. The van der Waals surface area contributed by atoms with Crippen LogP contribution < -0.4 is 5.32 Å². The number of para-hydroxylation sites is 1. The van der Waals surface area contributed by atoms with E-state index in [2.05, 4.69) is 15.5 Å². The monoisotopic (exact) mass is 432 g/mol. The molecule has 1 heterocycles. The van der Waals surface area contributed by atoms with Crippen LogP contribution in [0.5, 0.6) is 0 Å². The highest BCUT2D eigenvalue weighted by Gasteiger charge is 2.24.